The van der Waals surface area contributed by atoms with Crippen molar-refractivity contribution in [2.75, 3.05) is 46.9 Å². The van der Waals surface area contributed by atoms with Gasteiger partial charge in [-0.3, -0.25) is 4.79 Å². The lowest BCUT2D eigenvalue weighted by Crippen LogP contribution is -2.41. The number of ether oxygens (including phenoxy) is 1. The quantitative estimate of drug-likeness (QED) is 0.776. The highest BCUT2D eigenvalue weighted by atomic mass is 16.5. The van der Waals surface area contributed by atoms with Gasteiger partial charge in [-0.2, -0.15) is 4.98 Å². The largest absolute Gasteiger partial charge is 0.380 e. The third-order valence-electron chi connectivity index (χ3n) is 4.38. The summed E-state index contributed by atoms with van der Waals surface area (Å²) in [7, 11) is 4.13. The van der Waals surface area contributed by atoms with Crippen LogP contribution in [0.4, 0.5) is 0 Å². The molecule has 2 aliphatic rings. The Morgan fingerprint density at radius 2 is 2.33 bits per heavy atom. The lowest BCUT2D eigenvalue weighted by molar-refractivity contribution is -0.130. The number of carbonyl (C=O) groups excluding carboxylic acids is 1. The first kappa shape index (κ1) is 14.5. The van der Waals surface area contributed by atoms with Crippen molar-refractivity contribution in [2.24, 2.45) is 11.3 Å². The van der Waals surface area contributed by atoms with E-state index in [0.717, 1.165) is 32.8 Å². The van der Waals surface area contributed by atoms with Gasteiger partial charge in [-0.05, 0) is 21.0 Å². The molecule has 7 nitrogen and oxygen atoms in total. The van der Waals surface area contributed by atoms with Crippen LogP contribution in [0.5, 0.6) is 0 Å². The average molecular weight is 294 g/mol. The van der Waals surface area contributed by atoms with E-state index in [0.29, 0.717) is 17.6 Å². The summed E-state index contributed by atoms with van der Waals surface area (Å²) < 4.78 is 10.7. The van der Waals surface area contributed by atoms with Gasteiger partial charge < -0.3 is 19.1 Å². The summed E-state index contributed by atoms with van der Waals surface area (Å²) in [5, 5.41) is 3.72. The van der Waals surface area contributed by atoms with Crippen molar-refractivity contribution in [3.05, 3.63) is 11.7 Å². The molecule has 0 radical (unpaired) electrons. The Hall–Kier alpha value is -1.47. The van der Waals surface area contributed by atoms with Crippen molar-refractivity contribution in [1.82, 2.24) is 19.9 Å². The molecule has 1 aromatic rings. The molecule has 0 aliphatic carbocycles. The summed E-state index contributed by atoms with van der Waals surface area (Å²) in [6, 6.07) is 0. The second-order valence-electron chi connectivity index (χ2n) is 6.50. The Kier molecular flexibility index (Phi) is 3.71. The minimum atomic E-state index is 0.0613. The van der Waals surface area contributed by atoms with Crippen molar-refractivity contribution >= 4 is 5.91 Å². The first-order valence-electron chi connectivity index (χ1n) is 7.28. The Labute approximate surface area is 124 Å². The van der Waals surface area contributed by atoms with Crippen molar-refractivity contribution in [3.8, 4) is 0 Å². The minimum absolute atomic E-state index is 0.0613. The smallest absolute Gasteiger partial charge is 0.236 e. The lowest BCUT2D eigenvalue weighted by atomic mass is 9.81. The van der Waals surface area contributed by atoms with E-state index in [9.17, 15) is 4.79 Å². The molecule has 0 unspecified atom stereocenters. The Bertz CT molecular complexity index is 530. The number of fused-ring (bicyclic) bond motifs is 1. The number of rotatable bonds is 4. The van der Waals surface area contributed by atoms with Crippen molar-refractivity contribution in [3.63, 3.8) is 0 Å². The number of aromatic nitrogens is 2. The molecular weight excluding hydrogens is 272 g/mol. The Morgan fingerprint density at radius 1 is 1.52 bits per heavy atom. The van der Waals surface area contributed by atoms with Gasteiger partial charge in [0.05, 0.1) is 13.2 Å². The maximum Gasteiger partial charge on any atom is 0.236 e. The average Bonchev–Trinajstić information content (AvgIpc) is 3.02. The number of likely N-dealkylation sites (tertiary alicyclic amines) is 1. The van der Waals surface area contributed by atoms with Crippen molar-refractivity contribution < 1.29 is 14.1 Å². The van der Waals surface area contributed by atoms with Gasteiger partial charge in [-0.1, -0.05) is 5.16 Å². The van der Waals surface area contributed by atoms with Gasteiger partial charge in [0.2, 0.25) is 11.8 Å². The fraction of sp³-hybridized carbons (Fsp3) is 0.786. The molecular formula is C14H22N4O3. The van der Waals surface area contributed by atoms with Crippen LogP contribution in [0.15, 0.2) is 4.52 Å². The van der Waals surface area contributed by atoms with E-state index in [1.165, 1.54) is 0 Å². The molecule has 2 saturated heterocycles. The molecule has 0 aromatic carbocycles. The van der Waals surface area contributed by atoms with Crippen molar-refractivity contribution in [2.45, 2.75) is 13.3 Å². The van der Waals surface area contributed by atoms with E-state index in [2.05, 4.69) is 29.1 Å². The van der Waals surface area contributed by atoms with E-state index in [-0.39, 0.29) is 17.7 Å². The second-order valence-corrected chi connectivity index (χ2v) is 6.50. The van der Waals surface area contributed by atoms with Gasteiger partial charge >= 0.3 is 0 Å². The maximum atomic E-state index is 12.4. The first-order valence-corrected chi connectivity index (χ1v) is 7.28. The lowest BCUT2D eigenvalue weighted by Gasteiger charge is -2.30. The highest BCUT2D eigenvalue weighted by Crippen LogP contribution is 2.41. The molecule has 2 fully saturated rings. The minimum Gasteiger partial charge on any atom is -0.380 e. The predicted molar refractivity (Wildman–Crippen MR) is 74.6 cm³/mol. The number of hydrogen-bond acceptors (Lipinski definition) is 6. The van der Waals surface area contributed by atoms with Gasteiger partial charge in [-0.15, -0.1) is 0 Å². The molecule has 7 heteroatoms. The topological polar surface area (TPSA) is 71.7 Å². The molecule has 2 aliphatic heterocycles. The summed E-state index contributed by atoms with van der Waals surface area (Å²) >= 11 is 0. The highest BCUT2D eigenvalue weighted by molar-refractivity contribution is 5.78. The van der Waals surface area contributed by atoms with E-state index in [1.54, 1.807) is 6.92 Å². The molecule has 0 N–H and O–H groups in total. The summed E-state index contributed by atoms with van der Waals surface area (Å²) in [6.45, 7) is 5.69. The van der Waals surface area contributed by atoms with Crippen LogP contribution in [0.25, 0.3) is 0 Å². The predicted octanol–water partition coefficient (Wildman–Crippen LogP) is -0.0429. The fourth-order valence-corrected chi connectivity index (χ4v) is 3.53. The SMILES string of the molecule is Cc1noc(CC(=O)N2C[C@@H]3COC[C@]3(CN(C)C)C2)n1. The van der Waals surface area contributed by atoms with E-state index < -0.39 is 0 Å². The van der Waals surface area contributed by atoms with Gasteiger partial charge in [0, 0.05) is 31.0 Å². The molecule has 0 spiro atoms. The molecule has 2 atom stereocenters. The molecule has 21 heavy (non-hydrogen) atoms. The molecule has 3 heterocycles. The Balaban J connectivity index is 1.66. The number of amides is 1. The molecule has 1 amide bonds. The maximum absolute atomic E-state index is 12.4. The third kappa shape index (κ3) is 2.80. The molecule has 116 valence electrons. The van der Waals surface area contributed by atoms with Gasteiger partial charge in [0.25, 0.3) is 0 Å². The van der Waals surface area contributed by atoms with Crippen LogP contribution in [0.1, 0.15) is 11.7 Å². The summed E-state index contributed by atoms with van der Waals surface area (Å²) in [5.74, 6) is 1.44. The van der Waals surface area contributed by atoms with E-state index in [4.69, 9.17) is 9.26 Å². The summed E-state index contributed by atoms with van der Waals surface area (Å²) in [6.07, 6.45) is 0.187. The van der Waals surface area contributed by atoms with Gasteiger partial charge in [0.1, 0.15) is 6.42 Å². The zero-order valence-electron chi connectivity index (χ0n) is 12.8. The molecule has 3 rings (SSSR count). The zero-order valence-corrected chi connectivity index (χ0v) is 12.8. The number of hydrogen-bond donors (Lipinski definition) is 0. The van der Waals surface area contributed by atoms with Crippen LogP contribution in [0.2, 0.25) is 0 Å². The monoisotopic (exact) mass is 294 g/mol. The number of carbonyl (C=O) groups is 1. The van der Waals surface area contributed by atoms with Gasteiger partial charge in [0.15, 0.2) is 5.82 Å². The summed E-state index contributed by atoms with van der Waals surface area (Å²) in [5.41, 5.74) is 0.0733. The number of aryl methyl sites for hydroxylation is 1. The van der Waals surface area contributed by atoms with Crippen molar-refractivity contribution in [1.29, 1.82) is 0 Å². The molecule has 1 aromatic heterocycles. The zero-order chi connectivity index (χ0) is 15.0. The highest BCUT2D eigenvalue weighted by Gasteiger charge is 2.51. The second kappa shape index (κ2) is 5.38. The molecule has 0 saturated carbocycles. The Morgan fingerprint density at radius 3 is 3.00 bits per heavy atom. The number of nitrogens with zero attached hydrogens (tertiary/aromatic N) is 4. The fourth-order valence-electron chi connectivity index (χ4n) is 3.53. The van der Waals surface area contributed by atoms with E-state index >= 15 is 0 Å². The van der Waals surface area contributed by atoms with E-state index in [1.807, 2.05) is 4.90 Å². The standard InChI is InChI=1S/C14H22N4O3/c1-10-15-12(21-16-10)4-13(19)18-5-11-6-20-9-14(11,8-18)7-17(2)3/h11H,4-9H2,1-3H3/t11-,14+/m1/s1. The van der Waals surface area contributed by atoms with Crippen LogP contribution >= 0.6 is 0 Å². The van der Waals surface area contributed by atoms with Crippen LogP contribution in [-0.2, 0) is 16.0 Å². The normalized spacial score (nSPS) is 28.4. The van der Waals surface area contributed by atoms with Crippen LogP contribution < -0.4 is 0 Å². The summed E-state index contributed by atoms with van der Waals surface area (Å²) in [4.78, 5) is 20.6. The van der Waals surface area contributed by atoms with Crippen LogP contribution in [0.3, 0.4) is 0 Å². The van der Waals surface area contributed by atoms with Crippen LogP contribution in [0, 0.1) is 18.3 Å². The molecule has 0 bridgehead atoms. The third-order valence-corrected chi connectivity index (χ3v) is 4.38. The first-order chi connectivity index (χ1) is 9.98. The van der Waals surface area contributed by atoms with Crippen LogP contribution in [-0.4, -0.2) is 72.8 Å². The van der Waals surface area contributed by atoms with Gasteiger partial charge in [-0.25, -0.2) is 0 Å².